The molecule has 5 rings (SSSR count). The van der Waals surface area contributed by atoms with Gasteiger partial charge in [0.05, 0.1) is 23.0 Å². The number of hydrogen-bond donors (Lipinski definition) is 0. The molecule has 3 aromatic rings. The molecule has 2 aliphatic rings. The molecule has 0 saturated heterocycles. The third-order valence-corrected chi connectivity index (χ3v) is 7.41. The number of fused-ring (bicyclic) bond motifs is 3. The van der Waals surface area contributed by atoms with E-state index < -0.39 is 9.84 Å². The van der Waals surface area contributed by atoms with Crippen molar-refractivity contribution in [2.75, 3.05) is 13.2 Å². The molecule has 0 fully saturated rings. The summed E-state index contributed by atoms with van der Waals surface area (Å²) in [5, 5.41) is 0. The summed E-state index contributed by atoms with van der Waals surface area (Å²) in [5.41, 5.74) is 6.96. The first-order chi connectivity index (χ1) is 14.1. The molecule has 1 aliphatic carbocycles. The molecule has 0 aromatic heterocycles. The maximum Gasteiger partial charge on any atom is 0.205 e. The van der Waals surface area contributed by atoms with Gasteiger partial charge >= 0.3 is 0 Å². The number of aryl methyl sites for hydroxylation is 1. The van der Waals surface area contributed by atoms with Crippen LogP contribution in [-0.4, -0.2) is 21.6 Å². The summed E-state index contributed by atoms with van der Waals surface area (Å²) in [4.78, 5) is 0.655. The quantitative estimate of drug-likeness (QED) is 0.620. The van der Waals surface area contributed by atoms with Gasteiger partial charge in [-0.25, -0.2) is 8.42 Å². The van der Waals surface area contributed by atoms with Crippen molar-refractivity contribution in [1.29, 1.82) is 0 Å². The second-order valence-electron chi connectivity index (χ2n) is 7.37. The zero-order chi connectivity index (χ0) is 20.0. The first-order valence-corrected chi connectivity index (χ1v) is 11.1. The van der Waals surface area contributed by atoms with E-state index in [-0.39, 0.29) is 6.61 Å². The standard InChI is InChI=1S/C25H20O3S/c1-17-11-13-19(14-12-17)29(26,27)23-16-28-15-22-24(18-7-3-2-4-8-18)20-9-5-6-10-21(20)25(22)23/h2-14H,15-16H2,1H3. The van der Waals surface area contributed by atoms with Crippen LogP contribution in [0.5, 0.6) is 0 Å². The number of rotatable bonds is 3. The van der Waals surface area contributed by atoms with Gasteiger partial charge in [0, 0.05) is 5.57 Å². The third-order valence-electron chi connectivity index (χ3n) is 5.55. The fraction of sp³-hybridized carbons (Fsp3) is 0.120. The Morgan fingerprint density at radius 1 is 0.724 bits per heavy atom. The Hall–Kier alpha value is -2.95. The maximum atomic E-state index is 13.5. The Kier molecular flexibility index (Phi) is 4.26. The highest BCUT2D eigenvalue weighted by Crippen LogP contribution is 2.48. The summed E-state index contributed by atoms with van der Waals surface area (Å²) in [6, 6.07) is 25.1. The van der Waals surface area contributed by atoms with Crippen molar-refractivity contribution in [1.82, 2.24) is 0 Å². The van der Waals surface area contributed by atoms with Gasteiger partial charge in [0.25, 0.3) is 0 Å². The minimum Gasteiger partial charge on any atom is -0.371 e. The van der Waals surface area contributed by atoms with Crippen LogP contribution >= 0.6 is 0 Å². The van der Waals surface area contributed by atoms with Gasteiger partial charge in [-0.2, -0.15) is 0 Å². The lowest BCUT2D eigenvalue weighted by Gasteiger charge is -2.22. The molecule has 0 atom stereocenters. The van der Waals surface area contributed by atoms with Crippen LogP contribution in [0.2, 0.25) is 0 Å². The molecule has 3 nitrogen and oxygen atoms in total. The molecule has 0 bridgehead atoms. The molecule has 0 N–H and O–H groups in total. The molecule has 0 spiro atoms. The largest absolute Gasteiger partial charge is 0.371 e. The normalized spacial score (nSPS) is 16.0. The van der Waals surface area contributed by atoms with Crippen molar-refractivity contribution in [3.05, 3.63) is 112 Å². The van der Waals surface area contributed by atoms with Crippen molar-refractivity contribution in [3.63, 3.8) is 0 Å². The topological polar surface area (TPSA) is 43.4 Å². The van der Waals surface area contributed by atoms with Crippen LogP contribution in [0.25, 0.3) is 11.1 Å². The number of ether oxygens (including phenoxy) is 1. The average molecular weight is 400 g/mol. The Labute approximate surface area is 170 Å². The molecule has 1 aliphatic heterocycles. The zero-order valence-corrected chi connectivity index (χ0v) is 16.9. The summed E-state index contributed by atoms with van der Waals surface area (Å²) in [7, 11) is -3.66. The summed E-state index contributed by atoms with van der Waals surface area (Å²) < 4.78 is 32.9. The van der Waals surface area contributed by atoms with Crippen LogP contribution in [0.1, 0.15) is 22.3 Å². The van der Waals surface area contributed by atoms with E-state index in [9.17, 15) is 8.42 Å². The fourth-order valence-corrected chi connectivity index (χ4v) is 5.68. The van der Waals surface area contributed by atoms with Crippen LogP contribution in [0.4, 0.5) is 0 Å². The predicted molar refractivity (Wildman–Crippen MR) is 115 cm³/mol. The highest BCUT2D eigenvalue weighted by molar-refractivity contribution is 7.95. The number of hydrogen-bond acceptors (Lipinski definition) is 3. The second-order valence-corrected chi connectivity index (χ2v) is 9.34. The van der Waals surface area contributed by atoms with E-state index in [0.29, 0.717) is 16.4 Å². The van der Waals surface area contributed by atoms with Crippen molar-refractivity contribution in [2.24, 2.45) is 0 Å². The lowest BCUT2D eigenvalue weighted by molar-refractivity contribution is 0.182. The Morgan fingerprint density at radius 2 is 1.34 bits per heavy atom. The lowest BCUT2D eigenvalue weighted by atomic mass is 9.97. The van der Waals surface area contributed by atoms with Crippen molar-refractivity contribution >= 4 is 21.0 Å². The molecule has 144 valence electrons. The van der Waals surface area contributed by atoms with E-state index in [1.54, 1.807) is 12.1 Å². The lowest BCUT2D eigenvalue weighted by Crippen LogP contribution is -2.19. The number of benzene rings is 3. The molecule has 1 heterocycles. The average Bonchev–Trinajstić information content (AvgIpc) is 3.09. The summed E-state index contributed by atoms with van der Waals surface area (Å²) in [5.74, 6) is 0. The fourth-order valence-electron chi connectivity index (χ4n) is 4.16. The van der Waals surface area contributed by atoms with E-state index in [1.807, 2.05) is 55.5 Å². The molecule has 0 amide bonds. The van der Waals surface area contributed by atoms with E-state index in [0.717, 1.165) is 39.0 Å². The van der Waals surface area contributed by atoms with Crippen molar-refractivity contribution in [3.8, 4) is 0 Å². The molecule has 0 radical (unpaired) electrons. The zero-order valence-electron chi connectivity index (χ0n) is 16.1. The molecule has 4 heteroatoms. The molecular formula is C25H20O3S. The van der Waals surface area contributed by atoms with Gasteiger partial charge < -0.3 is 4.74 Å². The van der Waals surface area contributed by atoms with E-state index in [1.165, 1.54) is 0 Å². The Bertz CT molecular complexity index is 1270. The Balaban J connectivity index is 1.80. The summed E-state index contributed by atoms with van der Waals surface area (Å²) in [6.45, 7) is 2.44. The SMILES string of the molecule is Cc1ccc(S(=O)(=O)C2=C3C(=C(c4ccccc4)c4ccccc43)COC2)cc1. The van der Waals surface area contributed by atoms with E-state index in [2.05, 4.69) is 18.2 Å². The minimum absolute atomic E-state index is 0.0887. The van der Waals surface area contributed by atoms with Crippen LogP contribution in [0.15, 0.2) is 94.2 Å². The molecule has 0 unspecified atom stereocenters. The first-order valence-electron chi connectivity index (χ1n) is 9.59. The monoisotopic (exact) mass is 400 g/mol. The van der Waals surface area contributed by atoms with Crippen molar-refractivity contribution in [2.45, 2.75) is 11.8 Å². The van der Waals surface area contributed by atoms with Gasteiger partial charge in [-0.1, -0.05) is 72.3 Å². The van der Waals surface area contributed by atoms with Crippen LogP contribution in [0.3, 0.4) is 0 Å². The van der Waals surface area contributed by atoms with Crippen molar-refractivity contribution < 1.29 is 13.2 Å². The highest BCUT2D eigenvalue weighted by atomic mass is 32.2. The molecule has 3 aromatic carbocycles. The van der Waals surface area contributed by atoms with Gasteiger partial charge in [0.15, 0.2) is 0 Å². The summed E-state index contributed by atoms with van der Waals surface area (Å²) in [6.07, 6.45) is 0. The van der Waals surface area contributed by atoms with Crippen LogP contribution in [0, 0.1) is 6.92 Å². The molecule has 0 saturated carbocycles. The maximum absolute atomic E-state index is 13.5. The third kappa shape index (κ3) is 2.87. The van der Waals surface area contributed by atoms with Gasteiger partial charge in [-0.05, 0) is 46.9 Å². The van der Waals surface area contributed by atoms with Gasteiger partial charge in [0.1, 0.15) is 0 Å². The smallest absolute Gasteiger partial charge is 0.205 e. The van der Waals surface area contributed by atoms with Crippen LogP contribution in [-0.2, 0) is 14.6 Å². The number of sulfone groups is 1. The van der Waals surface area contributed by atoms with Gasteiger partial charge in [-0.15, -0.1) is 0 Å². The highest BCUT2D eigenvalue weighted by Gasteiger charge is 2.36. The van der Waals surface area contributed by atoms with E-state index >= 15 is 0 Å². The van der Waals surface area contributed by atoms with Gasteiger partial charge in [-0.3, -0.25) is 0 Å². The summed E-state index contributed by atoms with van der Waals surface area (Å²) >= 11 is 0. The minimum atomic E-state index is -3.66. The van der Waals surface area contributed by atoms with E-state index in [4.69, 9.17) is 4.74 Å². The molecular weight excluding hydrogens is 380 g/mol. The predicted octanol–water partition coefficient (Wildman–Crippen LogP) is 5.03. The van der Waals surface area contributed by atoms with Crippen LogP contribution < -0.4 is 0 Å². The Morgan fingerprint density at radius 3 is 2.03 bits per heavy atom. The van der Waals surface area contributed by atoms with Gasteiger partial charge in [0.2, 0.25) is 9.84 Å². The molecule has 29 heavy (non-hydrogen) atoms. The first kappa shape index (κ1) is 18.1. The second kappa shape index (κ2) is 6.83.